The number of fused-ring (bicyclic) bond motifs is 2. The Morgan fingerprint density at radius 2 is 1.29 bits per heavy atom. The van der Waals surface area contributed by atoms with Crippen LogP contribution in [0.25, 0.3) is 0 Å². The van der Waals surface area contributed by atoms with Crippen LogP contribution in [0.1, 0.15) is 120 Å². The van der Waals surface area contributed by atoms with E-state index in [-0.39, 0.29) is 55.2 Å². The van der Waals surface area contributed by atoms with Gasteiger partial charge in [0.2, 0.25) is 13.6 Å². The Balaban J connectivity index is 0.000000230. The van der Waals surface area contributed by atoms with Gasteiger partial charge in [-0.15, -0.1) is 0 Å². The average molecular weight is 856 g/mol. The van der Waals surface area contributed by atoms with E-state index >= 15 is 0 Å². The molecule has 7 rings (SSSR count). The number of ether oxygens (including phenoxy) is 5. The summed E-state index contributed by atoms with van der Waals surface area (Å²) >= 11 is 0. The molecule has 1 fully saturated rings. The molecule has 0 saturated carbocycles. The SMILES string of the molecule is CC.CO/N=C(/c1cc(C(C)C)c(O)cc1O)C(C)(C)c1ccc2c(c1)OCO2.COc1cc(O)c(/C(=N/OCC(=O)N2CCCCC2)c2ccc3c(c2)OCO3)cc1C(C)C. The summed E-state index contributed by atoms with van der Waals surface area (Å²) in [6.07, 6.45) is 3.16. The molecule has 3 N–H and O–H groups in total. The summed E-state index contributed by atoms with van der Waals surface area (Å²) in [5.74, 6) is 3.35. The Bertz CT molecular complexity index is 2240. The summed E-state index contributed by atoms with van der Waals surface area (Å²) in [4.78, 5) is 25.0. The Morgan fingerprint density at radius 3 is 1.90 bits per heavy atom. The first-order chi connectivity index (χ1) is 29.7. The summed E-state index contributed by atoms with van der Waals surface area (Å²) in [7, 11) is 3.04. The fourth-order valence-electron chi connectivity index (χ4n) is 7.35. The molecule has 0 bridgehead atoms. The Hall–Kier alpha value is -6.31. The van der Waals surface area contributed by atoms with Crippen molar-refractivity contribution in [3.8, 4) is 46.0 Å². The van der Waals surface area contributed by atoms with E-state index < -0.39 is 5.41 Å². The van der Waals surface area contributed by atoms with Gasteiger partial charge in [-0.05, 0) is 90.3 Å². The van der Waals surface area contributed by atoms with Crippen LogP contribution in [0.4, 0.5) is 0 Å². The number of hydrogen-bond donors (Lipinski definition) is 3. The van der Waals surface area contributed by atoms with Crippen molar-refractivity contribution in [3.05, 3.63) is 94.0 Å². The first kappa shape index (κ1) is 46.8. The number of benzene rings is 4. The standard InChI is InChI=1S/C25H30N2O6.C21H25NO5.C2H6/c1-16(2)18-12-19(20(28)13-22(18)30-3)25(17-7-8-21-23(11-17)32-15-31-21)26-33-14-24(29)27-9-5-4-6-10-27;1-12(2)14-9-15(17(24)10-16(14)23)20(22-25-5)21(3,4)13-6-7-18-19(8-13)27-11-26-18;1-2/h7-8,11-13,16,28H,4-6,9-10,14-15H2,1-3H3;6-10,12,23-24H,11H2,1-5H3;1-2H3/b26-25+;22-20-;. The molecular weight excluding hydrogens is 795 g/mol. The van der Waals surface area contributed by atoms with Crippen LogP contribution in [0.5, 0.6) is 46.0 Å². The molecule has 0 aliphatic carbocycles. The van der Waals surface area contributed by atoms with E-state index in [4.69, 9.17) is 33.4 Å². The molecule has 1 saturated heterocycles. The third-order valence-electron chi connectivity index (χ3n) is 10.8. The fraction of sp³-hybridized carbons (Fsp3) is 0.438. The summed E-state index contributed by atoms with van der Waals surface area (Å²) in [5, 5.41) is 40.0. The first-order valence-corrected chi connectivity index (χ1v) is 21.1. The van der Waals surface area contributed by atoms with Gasteiger partial charge in [0, 0.05) is 47.3 Å². The predicted molar refractivity (Wildman–Crippen MR) is 238 cm³/mol. The number of rotatable bonds is 12. The maximum atomic E-state index is 12.5. The topological polar surface area (TPSA) is 170 Å². The quantitative estimate of drug-likeness (QED) is 0.0917. The normalized spacial score (nSPS) is 14.5. The maximum Gasteiger partial charge on any atom is 0.263 e. The minimum atomic E-state index is -0.611. The van der Waals surface area contributed by atoms with Crippen molar-refractivity contribution in [1.82, 2.24) is 4.90 Å². The van der Waals surface area contributed by atoms with E-state index in [0.29, 0.717) is 56.9 Å². The number of aromatic hydroxyl groups is 3. The number of likely N-dealkylation sites (tertiary alicyclic amines) is 1. The third kappa shape index (κ3) is 10.6. The highest BCUT2D eigenvalue weighted by atomic mass is 16.7. The molecule has 3 aliphatic heterocycles. The van der Waals surface area contributed by atoms with Crippen molar-refractivity contribution < 1.29 is 53.5 Å². The molecule has 4 aromatic rings. The molecule has 62 heavy (non-hydrogen) atoms. The number of amides is 1. The minimum absolute atomic E-state index is 0.00127. The summed E-state index contributed by atoms with van der Waals surface area (Å²) in [5.41, 5.74) is 4.56. The third-order valence-corrected chi connectivity index (χ3v) is 10.8. The number of nitrogens with zero attached hydrogens (tertiary/aromatic N) is 3. The number of phenolic OH excluding ortho intramolecular Hbond substituents is 3. The van der Waals surface area contributed by atoms with Gasteiger partial charge in [-0.2, -0.15) is 0 Å². The summed E-state index contributed by atoms with van der Waals surface area (Å²) < 4.78 is 27.3. The van der Waals surface area contributed by atoms with Crippen molar-refractivity contribution in [2.75, 3.05) is 47.5 Å². The lowest BCUT2D eigenvalue weighted by atomic mass is 9.76. The lowest BCUT2D eigenvalue weighted by Crippen LogP contribution is -2.37. The fourth-order valence-corrected chi connectivity index (χ4v) is 7.35. The van der Waals surface area contributed by atoms with Gasteiger partial charge in [0.25, 0.3) is 5.91 Å². The zero-order valence-corrected chi connectivity index (χ0v) is 37.5. The van der Waals surface area contributed by atoms with E-state index in [1.54, 1.807) is 36.3 Å². The summed E-state index contributed by atoms with van der Waals surface area (Å²) in [6, 6.07) is 17.7. The molecule has 334 valence electrons. The molecule has 0 radical (unpaired) electrons. The van der Waals surface area contributed by atoms with Crippen molar-refractivity contribution in [2.45, 2.75) is 91.9 Å². The van der Waals surface area contributed by atoms with Gasteiger partial charge in [0.15, 0.2) is 29.6 Å². The summed E-state index contributed by atoms with van der Waals surface area (Å²) in [6.45, 7) is 17.7. The van der Waals surface area contributed by atoms with Gasteiger partial charge < -0.3 is 53.6 Å². The lowest BCUT2D eigenvalue weighted by Gasteiger charge is -2.28. The van der Waals surface area contributed by atoms with E-state index in [9.17, 15) is 20.1 Å². The van der Waals surface area contributed by atoms with Crippen LogP contribution in [0.2, 0.25) is 0 Å². The molecule has 0 atom stereocenters. The molecule has 1 amide bonds. The Labute approximate surface area is 364 Å². The average Bonchev–Trinajstić information content (AvgIpc) is 3.95. The molecule has 14 nitrogen and oxygen atoms in total. The largest absolute Gasteiger partial charge is 0.508 e. The smallest absolute Gasteiger partial charge is 0.263 e. The highest BCUT2D eigenvalue weighted by Gasteiger charge is 2.34. The number of methoxy groups -OCH3 is 1. The van der Waals surface area contributed by atoms with Crippen molar-refractivity contribution in [3.63, 3.8) is 0 Å². The zero-order valence-electron chi connectivity index (χ0n) is 37.5. The van der Waals surface area contributed by atoms with E-state index in [1.807, 2.05) is 85.7 Å². The zero-order chi connectivity index (χ0) is 45.1. The van der Waals surface area contributed by atoms with Crippen molar-refractivity contribution >= 4 is 17.3 Å². The molecule has 0 aromatic heterocycles. The van der Waals surface area contributed by atoms with E-state index in [2.05, 4.69) is 10.3 Å². The van der Waals surface area contributed by atoms with Gasteiger partial charge in [-0.1, -0.05) is 71.8 Å². The van der Waals surface area contributed by atoms with Crippen LogP contribution in [0.15, 0.2) is 71.0 Å². The number of phenols is 3. The van der Waals surface area contributed by atoms with Crippen LogP contribution in [0, 0.1) is 0 Å². The van der Waals surface area contributed by atoms with Crippen LogP contribution in [-0.2, 0) is 19.9 Å². The number of piperidine rings is 1. The van der Waals surface area contributed by atoms with Crippen LogP contribution in [0.3, 0.4) is 0 Å². The Kier molecular flexibility index (Phi) is 15.8. The molecule has 3 heterocycles. The van der Waals surface area contributed by atoms with E-state index in [0.717, 1.165) is 49.0 Å². The van der Waals surface area contributed by atoms with Gasteiger partial charge in [0.1, 0.15) is 41.5 Å². The van der Waals surface area contributed by atoms with Crippen LogP contribution < -0.4 is 23.7 Å². The highest BCUT2D eigenvalue weighted by molar-refractivity contribution is 6.14. The molecular formula is C48H61N3O11. The molecule has 4 aromatic carbocycles. The minimum Gasteiger partial charge on any atom is -0.508 e. The number of carbonyl (C=O) groups is 1. The molecule has 0 spiro atoms. The number of hydrogen-bond acceptors (Lipinski definition) is 13. The van der Waals surface area contributed by atoms with Crippen LogP contribution >= 0.6 is 0 Å². The second-order valence-corrected chi connectivity index (χ2v) is 15.9. The number of oxime groups is 2. The van der Waals surface area contributed by atoms with Gasteiger partial charge in [0.05, 0.1) is 7.11 Å². The van der Waals surface area contributed by atoms with Gasteiger partial charge >= 0.3 is 0 Å². The highest BCUT2D eigenvalue weighted by Crippen LogP contribution is 2.41. The molecule has 0 unspecified atom stereocenters. The van der Waals surface area contributed by atoms with Gasteiger partial charge in [-0.3, -0.25) is 4.79 Å². The number of carbonyl (C=O) groups excluding carboxylic acids is 1. The van der Waals surface area contributed by atoms with Crippen molar-refractivity contribution in [2.24, 2.45) is 10.3 Å². The lowest BCUT2D eigenvalue weighted by molar-refractivity contribution is -0.137. The Morgan fingerprint density at radius 1 is 0.710 bits per heavy atom. The second kappa shape index (κ2) is 21.0. The second-order valence-electron chi connectivity index (χ2n) is 15.9. The van der Waals surface area contributed by atoms with Crippen LogP contribution in [-0.4, -0.2) is 85.1 Å². The van der Waals surface area contributed by atoms with Gasteiger partial charge in [-0.25, -0.2) is 0 Å². The predicted octanol–water partition coefficient (Wildman–Crippen LogP) is 9.34. The van der Waals surface area contributed by atoms with Crippen molar-refractivity contribution in [1.29, 1.82) is 0 Å². The monoisotopic (exact) mass is 855 g/mol. The first-order valence-electron chi connectivity index (χ1n) is 21.1. The maximum absolute atomic E-state index is 12.5. The molecule has 3 aliphatic rings. The molecule has 14 heteroatoms. The van der Waals surface area contributed by atoms with E-state index in [1.165, 1.54) is 13.2 Å².